The molecular formula is C27H28N2O6S. The van der Waals surface area contributed by atoms with E-state index in [4.69, 9.17) is 14.2 Å². The number of ether oxygens (including phenoxy) is 3. The Morgan fingerprint density at radius 1 is 1.14 bits per heavy atom. The molecule has 1 aliphatic heterocycles. The number of esters is 1. The van der Waals surface area contributed by atoms with Crippen LogP contribution in [-0.4, -0.2) is 43.1 Å². The molecule has 0 saturated carbocycles. The fourth-order valence-electron chi connectivity index (χ4n) is 4.29. The van der Waals surface area contributed by atoms with E-state index in [0.29, 0.717) is 26.3 Å². The highest BCUT2D eigenvalue weighted by Gasteiger charge is 2.35. The molecule has 0 aliphatic carbocycles. The molecule has 1 atom stereocenters. The number of allylic oxidation sites excluding steroid dienone is 1. The van der Waals surface area contributed by atoms with E-state index in [1.165, 1.54) is 23.0 Å². The molecule has 188 valence electrons. The Morgan fingerprint density at radius 2 is 1.83 bits per heavy atom. The molecule has 1 aliphatic rings. The van der Waals surface area contributed by atoms with Gasteiger partial charge in [-0.25, -0.2) is 9.79 Å². The number of carbonyl (C=O) groups is 1. The van der Waals surface area contributed by atoms with E-state index < -0.39 is 12.0 Å². The van der Waals surface area contributed by atoms with Crippen LogP contribution in [0.15, 0.2) is 57.5 Å². The van der Waals surface area contributed by atoms with Crippen molar-refractivity contribution in [3.63, 3.8) is 0 Å². The minimum atomic E-state index is -0.780. The summed E-state index contributed by atoms with van der Waals surface area (Å²) in [5, 5.41) is 10.1. The topological polar surface area (TPSA) is 99.4 Å². The number of aryl methyl sites for hydroxylation is 2. The van der Waals surface area contributed by atoms with Gasteiger partial charge in [-0.15, -0.1) is 0 Å². The van der Waals surface area contributed by atoms with Gasteiger partial charge in [0.1, 0.15) is 24.1 Å². The van der Waals surface area contributed by atoms with Crippen LogP contribution >= 0.6 is 11.3 Å². The summed E-state index contributed by atoms with van der Waals surface area (Å²) in [7, 11) is 3.07. The number of phenolic OH excluding ortho intramolecular Hbond substituents is 1. The van der Waals surface area contributed by atoms with Crippen LogP contribution in [0.4, 0.5) is 0 Å². The third-order valence-electron chi connectivity index (χ3n) is 6.01. The second-order valence-corrected chi connectivity index (χ2v) is 9.46. The number of aromatic hydroxyl groups is 1. The number of para-hydroxylation sites is 1. The van der Waals surface area contributed by atoms with Crippen molar-refractivity contribution in [3.8, 4) is 11.5 Å². The van der Waals surface area contributed by atoms with Gasteiger partial charge in [0.2, 0.25) is 0 Å². The van der Waals surface area contributed by atoms with Gasteiger partial charge < -0.3 is 19.3 Å². The number of thiazole rings is 1. The molecule has 0 bridgehead atoms. The first-order valence-electron chi connectivity index (χ1n) is 11.4. The van der Waals surface area contributed by atoms with Crippen molar-refractivity contribution in [2.75, 3.05) is 27.4 Å². The van der Waals surface area contributed by atoms with Crippen molar-refractivity contribution in [1.82, 2.24) is 4.57 Å². The number of phenols is 1. The lowest BCUT2D eigenvalue weighted by atomic mass is 9.95. The normalized spacial score (nSPS) is 15.5. The van der Waals surface area contributed by atoms with Gasteiger partial charge in [0, 0.05) is 12.7 Å². The lowest BCUT2D eigenvalue weighted by Crippen LogP contribution is -2.40. The first kappa shape index (κ1) is 25.4. The van der Waals surface area contributed by atoms with Crippen LogP contribution in [-0.2, 0) is 14.3 Å². The van der Waals surface area contributed by atoms with Gasteiger partial charge in [-0.05, 0) is 61.7 Å². The second kappa shape index (κ2) is 10.5. The van der Waals surface area contributed by atoms with E-state index in [2.05, 4.69) is 4.99 Å². The maximum absolute atomic E-state index is 13.8. The van der Waals surface area contributed by atoms with Crippen molar-refractivity contribution < 1.29 is 24.1 Å². The molecule has 36 heavy (non-hydrogen) atoms. The first-order valence-corrected chi connectivity index (χ1v) is 12.2. The maximum atomic E-state index is 13.8. The van der Waals surface area contributed by atoms with Crippen molar-refractivity contribution >= 4 is 23.4 Å². The third kappa shape index (κ3) is 4.72. The molecule has 1 aromatic heterocycles. The van der Waals surface area contributed by atoms with Crippen LogP contribution in [0.2, 0.25) is 0 Å². The Labute approximate surface area is 212 Å². The molecule has 0 saturated heterocycles. The number of methoxy groups -OCH3 is 2. The van der Waals surface area contributed by atoms with E-state index in [9.17, 15) is 14.7 Å². The highest BCUT2D eigenvalue weighted by molar-refractivity contribution is 7.07. The van der Waals surface area contributed by atoms with Crippen LogP contribution in [0.1, 0.15) is 35.2 Å². The molecule has 3 aromatic rings. The Bertz CT molecular complexity index is 1510. The fraction of sp³-hybridized carbons (Fsp3) is 0.296. The van der Waals surface area contributed by atoms with Gasteiger partial charge in [-0.2, -0.15) is 0 Å². The number of aromatic nitrogens is 1. The minimum Gasteiger partial charge on any atom is -0.507 e. The van der Waals surface area contributed by atoms with E-state index in [1.807, 2.05) is 44.2 Å². The molecule has 0 fully saturated rings. The summed E-state index contributed by atoms with van der Waals surface area (Å²) in [5.41, 5.74) is 3.33. The average Bonchev–Trinajstić information content (AvgIpc) is 3.15. The number of hydrogen-bond acceptors (Lipinski definition) is 8. The summed E-state index contributed by atoms with van der Waals surface area (Å²) < 4.78 is 18.0. The minimum absolute atomic E-state index is 0.0781. The zero-order valence-corrected chi connectivity index (χ0v) is 21.6. The van der Waals surface area contributed by atoms with E-state index in [1.54, 1.807) is 26.2 Å². The highest BCUT2D eigenvalue weighted by atomic mass is 32.1. The average molecular weight is 509 g/mol. The van der Waals surface area contributed by atoms with Gasteiger partial charge >= 0.3 is 5.97 Å². The molecule has 8 nitrogen and oxygen atoms in total. The van der Waals surface area contributed by atoms with Crippen molar-refractivity contribution in [2.24, 2.45) is 4.99 Å². The molecular weight excluding hydrogens is 480 g/mol. The third-order valence-corrected chi connectivity index (χ3v) is 6.99. The van der Waals surface area contributed by atoms with Crippen LogP contribution < -0.4 is 19.6 Å². The number of fused-ring (bicyclic) bond motifs is 1. The largest absolute Gasteiger partial charge is 0.507 e. The van der Waals surface area contributed by atoms with Gasteiger partial charge in [0.25, 0.3) is 5.56 Å². The van der Waals surface area contributed by atoms with Crippen LogP contribution in [0.25, 0.3) is 6.08 Å². The standard InChI is InChI=1S/C27H28N2O6S/c1-15-12-18(13-16(2)24(15)30)14-21-25(31)29-23(19-8-6-7-9-20(19)34-5)22(17(3)28-27(29)36-21)26(32)35-11-10-33-4/h6-9,12-14,23,30H,10-11H2,1-5H3. The molecule has 2 aromatic carbocycles. The lowest BCUT2D eigenvalue weighted by Gasteiger charge is -2.26. The fourth-order valence-corrected chi connectivity index (χ4v) is 5.34. The van der Waals surface area contributed by atoms with Gasteiger partial charge in [0.05, 0.1) is 29.5 Å². The summed E-state index contributed by atoms with van der Waals surface area (Å²) in [6.07, 6.45) is 1.78. The molecule has 1 unspecified atom stereocenters. The molecule has 0 amide bonds. The zero-order chi connectivity index (χ0) is 26.0. The van der Waals surface area contributed by atoms with Crippen molar-refractivity contribution in [3.05, 3.63) is 89.6 Å². The molecule has 0 spiro atoms. The van der Waals surface area contributed by atoms with Gasteiger partial charge in [0.15, 0.2) is 4.80 Å². The van der Waals surface area contributed by atoms with E-state index in [-0.39, 0.29) is 30.1 Å². The lowest BCUT2D eigenvalue weighted by molar-refractivity contribution is -0.140. The summed E-state index contributed by atoms with van der Waals surface area (Å²) in [4.78, 5) is 32.1. The van der Waals surface area contributed by atoms with E-state index in [0.717, 1.165) is 16.7 Å². The number of nitrogens with zero attached hydrogens (tertiary/aromatic N) is 2. The number of carbonyl (C=O) groups excluding carboxylic acids is 1. The Hall–Kier alpha value is -3.69. The predicted octanol–water partition coefficient (Wildman–Crippen LogP) is 2.76. The number of benzene rings is 2. The van der Waals surface area contributed by atoms with Crippen molar-refractivity contribution in [2.45, 2.75) is 26.8 Å². The quantitative estimate of drug-likeness (QED) is 0.389. The first-order chi connectivity index (χ1) is 17.3. The molecule has 4 rings (SSSR count). The smallest absolute Gasteiger partial charge is 0.338 e. The van der Waals surface area contributed by atoms with Crippen LogP contribution in [0.5, 0.6) is 11.5 Å². The molecule has 2 heterocycles. The highest BCUT2D eigenvalue weighted by Crippen LogP contribution is 2.35. The maximum Gasteiger partial charge on any atom is 0.338 e. The SMILES string of the molecule is COCCOC(=O)C1=C(C)N=c2sc(=Cc3cc(C)c(O)c(C)c3)c(=O)n2C1c1ccccc1OC. The molecule has 9 heteroatoms. The summed E-state index contributed by atoms with van der Waals surface area (Å²) in [6, 6.07) is 10.1. The Kier molecular flexibility index (Phi) is 7.42. The zero-order valence-electron chi connectivity index (χ0n) is 20.8. The molecule has 1 N–H and O–H groups in total. The van der Waals surface area contributed by atoms with Crippen LogP contribution in [0, 0.1) is 13.8 Å². The van der Waals surface area contributed by atoms with Crippen molar-refractivity contribution in [1.29, 1.82) is 0 Å². The Morgan fingerprint density at radius 3 is 2.50 bits per heavy atom. The summed E-state index contributed by atoms with van der Waals surface area (Å²) >= 11 is 1.24. The summed E-state index contributed by atoms with van der Waals surface area (Å²) in [6.45, 7) is 5.69. The Balaban J connectivity index is 1.93. The monoisotopic (exact) mass is 508 g/mol. The molecule has 0 radical (unpaired) electrons. The van der Waals surface area contributed by atoms with Crippen LogP contribution in [0.3, 0.4) is 0 Å². The van der Waals surface area contributed by atoms with Gasteiger partial charge in [-0.3, -0.25) is 9.36 Å². The summed E-state index contributed by atoms with van der Waals surface area (Å²) in [5.74, 6) is 0.207. The van der Waals surface area contributed by atoms with E-state index >= 15 is 0 Å². The number of rotatable bonds is 7. The van der Waals surface area contributed by atoms with Gasteiger partial charge in [-0.1, -0.05) is 29.5 Å². The predicted molar refractivity (Wildman–Crippen MR) is 137 cm³/mol. The second-order valence-electron chi connectivity index (χ2n) is 8.46. The number of hydrogen-bond donors (Lipinski definition) is 1.